The molecule has 0 amide bonds. The Balaban J connectivity index is 1.97. The zero-order valence-corrected chi connectivity index (χ0v) is 14.1. The van der Waals surface area contributed by atoms with Crippen LogP contribution in [0.25, 0.3) is 0 Å². The van der Waals surface area contributed by atoms with E-state index < -0.39 is 6.29 Å². The molecule has 2 aromatic rings. The van der Waals surface area contributed by atoms with Crippen LogP contribution in [0.2, 0.25) is 0 Å². The van der Waals surface area contributed by atoms with Gasteiger partial charge in [-0.15, -0.1) is 0 Å². The van der Waals surface area contributed by atoms with E-state index >= 15 is 0 Å². The number of rotatable bonds is 10. The first-order valence-corrected chi connectivity index (χ1v) is 8.58. The van der Waals surface area contributed by atoms with Crippen LogP contribution in [0.3, 0.4) is 0 Å². The van der Waals surface area contributed by atoms with Crippen molar-refractivity contribution in [3.63, 3.8) is 0 Å². The van der Waals surface area contributed by atoms with Crippen LogP contribution in [0.15, 0.2) is 48.5 Å². The van der Waals surface area contributed by atoms with Crippen molar-refractivity contribution < 1.29 is 19.7 Å². The molecule has 2 rings (SSSR count). The van der Waals surface area contributed by atoms with Crippen molar-refractivity contribution in [3.8, 4) is 23.0 Å². The predicted octanol–water partition coefficient (Wildman–Crippen LogP) is 5.24. The number of phenolic OH excluding ortho intramolecular Hbond substituents is 2. The molecule has 0 spiro atoms. The van der Waals surface area contributed by atoms with Crippen LogP contribution < -0.4 is 9.47 Å². The van der Waals surface area contributed by atoms with E-state index in [4.69, 9.17) is 9.47 Å². The highest BCUT2D eigenvalue weighted by molar-refractivity contribution is 5.33. The van der Waals surface area contributed by atoms with Crippen molar-refractivity contribution in [2.45, 2.75) is 51.7 Å². The zero-order chi connectivity index (χ0) is 17.2. The Kier molecular flexibility index (Phi) is 7.27. The van der Waals surface area contributed by atoms with Gasteiger partial charge in [0.1, 0.15) is 23.0 Å². The molecule has 2 N–H and O–H groups in total. The summed E-state index contributed by atoms with van der Waals surface area (Å²) >= 11 is 0. The first-order valence-electron chi connectivity index (χ1n) is 8.58. The predicted molar refractivity (Wildman–Crippen MR) is 94.6 cm³/mol. The third-order valence-electron chi connectivity index (χ3n) is 3.71. The lowest BCUT2D eigenvalue weighted by molar-refractivity contribution is -0.00266. The minimum absolute atomic E-state index is 0.159. The number of benzene rings is 2. The Bertz CT molecular complexity index is 565. The van der Waals surface area contributed by atoms with E-state index in [-0.39, 0.29) is 11.5 Å². The molecular formula is C20H26O4. The Morgan fingerprint density at radius 2 is 1.33 bits per heavy atom. The van der Waals surface area contributed by atoms with E-state index in [1.54, 1.807) is 48.5 Å². The van der Waals surface area contributed by atoms with Crippen LogP contribution in [0.5, 0.6) is 23.0 Å². The molecule has 0 saturated carbocycles. The normalized spacial score (nSPS) is 10.8. The van der Waals surface area contributed by atoms with Gasteiger partial charge in [0.05, 0.1) is 0 Å². The van der Waals surface area contributed by atoms with Crippen molar-refractivity contribution in [2.75, 3.05) is 0 Å². The summed E-state index contributed by atoms with van der Waals surface area (Å²) in [5, 5.41) is 19.1. The van der Waals surface area contributed by atoms with Gasteiger partial charge in [0.15, 0.2) is 0 Å². The second kappa shape index (κ2) is 9.71. The first-order chi connectivity index (χ1) is 11.7. The first kappa shape index (κ1) is 18.0. The molecule has 0 radical (unpaired) electrons. The maximum absolute atomic E-state index is 9.57. The number of hydrogen-bond donors (Lipinski definition) is 2. The van der Waals surface area contributed by atoms with E-state index in [9.17, 15) is 10.2 Å². The van der Waals surface area contributed by atoms with Gasteiger partial charge >= 0.3 is 0 Å². The summed E-state index contributed by atoms with van der Waals surface area (Å²) in [5.41, 5.74) is 0. The van der Waals surface area contributed by atoms with Gasteiger partial charge in [-0.3, -0.25) is 0 Å². The van der Waals surface area contributed by atoms with Crippen LogP contribution in [0.1, 0.15) is 45.4 Å². The fourth-order valence-electron chi connectivity index (χ4n) is 2.47. The number of ether oxygens (including phenoxy) is 2. The SMILES string of the molecule is CCCCCCCC(Oc1cccc(O)c1)Oc1cccc(O)c1. The Hall–Kier alpha value is -2.36. The Labute approximate surface area is 143 Å². The molecule has 4 heteroatoms. The molecular weight excluding hydrogens is 304 g/mol. The minimum atomic E-state index is -0.463. The second-order valence-electron chi connectivity index (χ2n) is 5.86. The van der Waals surface area contributed by atoms with Crippen molar-refractivity contribution in [3.05, 3.63) is 48.5 Å². The zero-order valence-electron chi connectivity index (χ0n) is 14.1. The standard InChI is InChI=1S/C20H26O4/c1-2-3-4-5-6-13-20(23-18-11-7-9-16(21)14-18)24-19-12-8-10-17(22)15-19/h7-12,14-15,20-22H,2-6,13H2,1H3. The Morgan fingerprint density at radius 1 is 0.792 bits per heavy atom. The summed E-state index contributed by atoms with van der Waals surface area (Å²) in [7, 11) is 0. The van der Waals surface area contributed by atoms with Crippen molar-refractivity contribution in [2.24, 2.45) is 0 Å². The van der Waals surface area contributed by atoms with Gasteiger partial charge in [-0.25, -0.2) is 0 Å². The maximum Gasteiger partial charge on any atom is 0.241 e. The smallest absolute Gasteiger partial charge is 0.241 e. The lowest BCUT2D eigenvalue weighted by atomic mass is 10.1. The van der Waals surface area contributed by atoms with Crippen LogP contribution in [-0.2, 0) is 0 Å². The highest BCUT2D eigenvalue weighted by atomic mass is 16.7. The lowest BCUT2D eigenvalue weighted by Crippen LogP contribution is -2.24. The number of hydrogen-bond acceptors (Lipinski definition) is 4. The van der Waals surface area contributed by atoms with Crippen LogP contribution in [-0.4, -0.2) is 16.5 Å². The quantitative estimate of drug-likeness (QED) is 0.462. The van der Waals surface area contributed by atoms with Gasteiger partial charge in [0.25, 0.3) is 0 Å². The maximum atomic E-state index is 9.57. The molecule has 0 heterocycles. The fourth-order valence-corrected chi connectivity index (χ4v) is 2.47. The topological polar surface area (TPSA) is 58.9 Å². The summed E-state index contributed by atoms with van der Waals surface area (Å²) in [5.74, 6) is 1.44. The molecule has 0 atom stereocenters. The molecule has 4 nitrogen and oxygen atoms in total. The van der Waals surface area contributed by atoms with E-state index in [0.29, 0.717) is 11.5 Å². The number of phenols is 2. The third kappa shape index (κ3) is 6.41. The second-order valence-corrected chi connectivity index (χ2v) is 5.86. The largest absolute Gasteiger partial charge is 0.508 e. The molecule has 130 valence electrons. The molecule has 0 aliphatic heterocycles. The van der Waals surface area contributed by atoms with Crippen molar-refractivity contribution >= 4 is 0 Å². The molecule has 0 aliphatic carbocycles. The third-order valence-corrected chi connectivity index (χ3v) is 3.71. The van der Waals surface area contributed by atoms with E-state index in [1.807, 2.05) is 0 Å². The summed E-state index contributed by atoms with van der Waals surface area (Å²) in [4.78, 5) is 0. The number of aromatic hydroxyl groups is 2. The van der Waals surface area contributed by atoms with Gasteiger partial charge < -0.3 is 19.7 Å². The lowest BCUT2D eigenvalue weighted by Gasteiger charge is -2.21. The molecule has 24 heavy (non-hydrogen) atoms. The molecule has 2 aromatic carbocycles. The molecule has 0 aromatic heterocycles. The summed E-state index contributed by atoms with van der Waals surface area (Å²) in [6.45, 7) is 2.19. The Morgan fingerprint density at radius 3 is 1.83 bits per heavy atom. The van der Waals surface area contributed by atoms with Gasteiger partial charge in [0, 0.05) is 18.6 Å². The summed E-state index contributed by atoms with van der Waals surface area (Å²) < 4.78 is 11.8. The van der Waals surface area contributed by atoms with E-state index in [2.05, 4.69) is 6.92 Å². The molecule has 0 unspecified atom stereocenters. The summed E-state index contributed by atoms with van der Waals surface area (Å²) in [6.07, 6.45) is 6.08. The summed E-state index contributed by atoms with van der Waals surface area (Å²) in [6, 6.07) is 13.4. The monoisotopic (exact) mass is 330 g/mol. The average Bonchev–Trinajstić information content (AvgIpc) is 2.54. The molecule has 0 saturated heterocycles. The van der Waals surface area contributed by atoms with Gasteiger partial charge in [-0.1, -0.05) is 44.7 Å². The van der Waals surface area contributed by atoms with Crippen LogP contribution >= 0.6 is 0 Å². The van der Waals surface area contributed by atoms with Crippen LogP contribution in [0, 0.1) is 0 Å². The molecule has 0 fully saturated rings. The number of unbranched alkanes of at least 4 members (excludes halogenated alkanes) is 4. The average molecular weight is 330 g/mol. The van der Waals surface area contributed by atoms with E-state index in [1.165, 1.54) is 19.3 Å². The fraction of sp³-hybridized carbons (Fsp3) is 0.400. The van der Waals surface area contributed by atoms with Crippen molar-refractivity contribution in [1.29, 1.82) is 0 Å². The minimum Gasteiger partial charge on any atom is -0.508 e. The highest BCUT2D eigenvalue weighted by Crippen LogP contribution is 2.24. The highest BCUT2D eigenvalue weighted by Gasteiger charge is 2.13. The molecule has 0 aliphatic rings. The van der Waals surface area contributed by atoms with Crippen molar-refractivity contribution in [1.82, 2.24) is 0 Å². The van der Waals surface area contributed by atoms with Gasteiger partial charge in [0.2, 0.25) is 6.29 Å². The van der Waals surface area contributed by atoms with Crippen LogP contribution in [0.4, 0.5) is 0 Å². The van der Waals surface area contributed by atoms with E-state index in [0.717, 1.165) is 19.3 Å². The van der Waals surface area contributed by atoms with Gasteiger partial charge in [-0.2, -0.15) is 0 Å². The molecule has 0 bridgehead atoms. The van der Waals surface area contributed by atoms with Gasteiger partial charge in [-0.05, 0) is 30.7 Å².